The Morgan fingerprint density at radius 3 is 2.35 bits per heavy atom. The molecule has 0 unspecified atom stereocenters. The van der Waals surface area contributed by atoms with Crippen LogP contribution in [0.25, 0.3) is 22.6 Å². The number of methoxy groups -OCH3 is 1. The molecular formula is C26H26N2O5S. The van der Waals surface area contributed by atoms with Gasteiger partial charge in [-0.1, -0.05) is 39.0 Å². The molecule has 0 saturated carbocycles. The van der Waals surface area contributed by atoms with Crippen molar-refractivity contribution in [2.45, 2.75) is 38.0 Å². The first-order valence-electron chi connectivity index (χ1n) is 10.7. The maximum atomic E-state index is 12.9. The van der Waals surface area contributed by atoms with E-state index >= 15 is 0 Å². The minimum absolute atomic E-state index is 0.0426. The quantitative estimate of drug-likeness (QED) is 0.370. The summed E-state index contributed by atoms with van der Waals surface area (Å²) in [5.41, 5.74) is 4.29. The summed E-state index contributed by atoms with van der Waals surface area (Å²) in [7, 11) is -2.69. The fourth-order valence-electron chi connectivity index (χ4n) is 3.54. The van der Waals surface area contributed by atoms with E-state index in [1.807, 2.05) is 24.3 Å². The number of carbonyl (C=O) groups is 1. The molecule has 1 heterocycles. The lowest BCUT2D eigenvalue weighted by atomic mass is 9.87. The molecule has 0 fully saturated rings. The van der Waals surface area contributed by atoms with Gasteiger partial charge in [0.1, 0.15) is 5.52 Å². The monoisotopic (exact) mass is 478 g/mol. The lowest BCUT2D eigenvalue weighted by molar-refractivity contribution is 0.0599. The van der Waals surface area contributed by atoms with E-state index in [0.29, 0.717) is 28.2 Å². The third kappa shape index (κ3) is 4.68. The van der Waals surface area contributed by atoms with Crippen LogP contribution in [0.2, 0.25) is 0 Å². The van der Waals surface area contributed by atoms with Gasteiger partial charge in [-0.2, -0.15) is 0 Å². The average Bonchev–Trinajstić information content (AvgIpc) is 3.21. The highest BCUT2D eigenvalue weighted by Gasteiger charge is 2.20. The Labute approximate surface area is 198 Å². The van der Waals surface area contributed by atoms with Crippen LogP contribution >= 0.6 is 0 Å². The third-order valence-corrected chi connectivity index (χ3v) is 6.94. The summed E-state index contributed by atoms with van der Waals surface area (Å²) in [6.07, 6.45) is 0. The molecule has 1 N–H and O–H groups in total. The highest BCUT2D eigenvalue weighted by molar-refractivity contribution is 7.92. The number of benzene rings is 3. The standard InChI is InChI=1S/C26H26N2O5S/c1-16-6-12-20(15-21(16)25(29)32-5)34(30,31)28-19-11-13-23-22(14-19)27-24(33-23)17-7-9-18(10-8-17)26(2,3)4/h6-15,28H,1-5H3. The van der Waals surface area contributed by atoms with E-state index in [9.17, 15) is 13.2 Å². The Bertz CT molecular complexity index is 1480. The zero-order valence-electron chi connectivity index (χ0n) is 19.7. The Morgan fingerprint density at radius 1 is 1.00 bits per heavy atom. The molecule has 4 rings (SSSR count). The first-order valence-corrected chi connectivity index (χ1v) is 12.2. The Morgan fingerprint density at radius 2 is 1.71 bits per heavy atom. The largest absolute Gasteiger partial charge is 0.465 e. The summed E-state index contributed by atoms with van der Waals surface area (Å²) in [6.45, 7) is 8.16. The molecule has 0 bridgehead atoms. The molecule has 8 heteroatoms. The third-order valence-electron chi connectivity index (χ3n) is 5.56. The summed E-state index contributed by atoms with van der Waals surface area (Å²) in [5.74, 6) is -0.140. The highest BCUT2D eigenvalue weighted by atomic mass is 32.2. The predicted molar refractivity (Wildman–Crippen MR) is 131 cm³/mol. The second-order valence-electron chi connectivity index (χ2n) is 9.10. The minimum Gasteiger partial charge on any atom is -0.465 e. The molecule has 4 aromatic rings. The van der Waals surface area contributed by atoms with Crippen LogP contribution < -0.4 is 4.72 Å². The summed E-state index contributed by atoms with van der Waals surface area (Å²) in [4.78, 5) is 16.4. The Kier molecular flexibility index (Phi) is 5.95. The van der Waals surface area contributed by atoms with Crippen molar-refractivity contribution in [1.82, 2.24) is 4.98 Å². The fourth-order valence-corrected chi connectivity index (χ4v) is 4.61. The molecule has 0 spiro atoms. The van der Waals surface area contributed by atoms with Gasteiger partial charge >= 0.3 is 5.97 Å². The van der Waals surface area contributed by atoms with E-state index in [0.717, 1.165) is 5.56 Å². The molecule has 1 aromatic heterocycles. The predicted octanol–water partition coefficient (Wildman–Crippen LogP) is 5.69. The summed E-state index contributed by atoms with van der Waals surface area (Å²) < 4.78 is 39.0. The zero-order chi connectivity index (χ0) is 24.7. The molecule has 176 valence electrons. The van der Waals surface area contributed by atoms with Crippen molar-refractivity contribution in [2.75, 3.05) is 11.8 Å². The number of carbonyl (C=O) groups excluding carboxylic acids is 1. The van der Waals surface area contributed by atoms with E-state index in [2.05, 4.69) is 30.5 Å². The maximum absolute atomic E-state index is 12.9. The van der Waals surface area contributed by atoms with Crippen molar-refractivity contribution < 1.29 is 22.4 Å². The lowest BCUT2D eigenvalue weighted by Gasteiger charge is -2.18. The normalized spacial score (nSPS) is 12.0. The average molecular weight is 479 g/mol. The van der Waals surface area contributed by atoms with E-state index < -0.39 is 16.0 Å². The second kappa shape index (κ2) is 8.61. The van der Waals surface area contributed by atoms with Crippen LogP contribution in [-0.4, -0.2) is 26.5 Å². The Hall–Kier alpha value is -3.65. The number of rotatable bonds is 5. The van der Waals surface area contributed by atoms with Gasteiger partial charge in [-0.15, -0.1) is 0 Å². The number of oxazole rings is 1. The van der Waals surface area contributed by atoms with Crippen LogP contribution in [0.1, 0.15) is 42.3 Å². The molecule has 0 radical (unpaired) electrons. The topological polar surface area (TPSA) is 98.5 Å². The van der Waals surface area contributed by atoms with Crippen LogP contribution in [0.5, 0.6) is 0 Å². The van der Waals surface area contributed by atoms with E-state index in [1.54, 1.807) is 31.2 Å². The number of sulfonamides is 1. The molecule has 0 saturated heterocycles. The number of ether oxygens (including phenoxy) is 1. The van der Waals surface area contributed by atoms with Gasteiger partial charge in [0.2, 0.25) is 5.89 Å². The van der Waals surface area contributed by atoms with Crippen molar-refractivity contribution in [2.24, 2.45) is 0 Å². The highest BCUT2D eigenvalue weighted by Crippen LogP contribution is 2.29. The smallest absolute Gasteiger partial charge is 0.338 e. The second-order valence-corrected chi connectivity index (χ2v) is 10.8. The van der Waals surface area contributed by atoms with Gasteiger partial charge < -0.3 is 9.15 Å². The molecule has 3 aromatic carbocycles. The van der Waals surface area contributed by atoms with Gasteiger partial charge in [0.15, 0.2) is 5.58 Å². The van der Waals surface area contributed by atoms with Crippen molar-refractivity contribution in [3.63, 3.8) is 0 Å². The minimum atomic E-state index is -3.94. The first-order chi connectivity index (χ1) is 16.0. The van der Waals surface area contributed by atoms with E-state index in [4.69, 9.17) is 9.15 Å². The van der Waals surface area contributed by atoms with Gasteiger partial charge in [-0.25, -0.2) is 18.2 Å². The number of nitrogens with zero attached hydrogens (tertiary/aromatic N) is 1. The number of hydrogen-bond acceptors (Lipinski definition) is 6. The fraction of sp³-hybridized carbons (Fsp3) is 0.231. The number of hydrogen-bond donors (Lipinski definition) is 1. The van der Waals surface area contributed by atoms with Crippen molar-refractivity contribution in [3.8, 4) is 11.5 Å². The molecule has 0 amide bonds. The molecule has 0 aliphatic rings. The molecule has 34 heavy (non-hydrogen) atoms. The van der Waals surface area contributed by atoms with Gasteiger partial charge in [0.05, 0.1) is 23.3 Å². The molecule has 7 nitrogen and oxygen atoms in total. The number of anilines is 1. The van der Waals surface area contributed by atoms with Crippen LogP contribution in [0, 0.1) is 6.92 Å². The van der Waals surface area contributed by atoms with Crippen molar-refractivity contribution in [3.05, 3.63) is 77.4 Å². The maximum Gasteiger partial charge on any atom is 0.338 e. The van der Waals surface area contributed by atoms with Gasteiger partial charge in [-0.3, -0.25) is 4.72 Å². The summed E-state index contributed by atoms with van der Waals surface area (Å²) >= 11 is 0. The number of fused-ring (bicyclic) bond motifs is 1. The van der Waals surface area contributed by atoms with Crippen molar-refractivity contribution in [1.29, 1.82) is 0 Å². The summed E-state index contributed by atoms with van der Waals surface area (Å²) in [6, 6.07) is 17.2. The van der Waals surface area contributed by atoms with Crippen LogP contribution in [-0.2, 0) is 20.2 Å². The summed E-state index contributed by atoms with van der Waals surface area (Å²) in [5, 5.41) is 0. The van der Waals surface area contributed by atoms with Crippen molar-refractivity contribution >= 4 is 32.8 Å². The van der Waals surface area contributed by atoms with Gasteiger partial charge in [0.25, 0.3) is 10.0 Å². The number of aromatic nitrogens is 1. The lowest BCUT2D eigenvalue weighted by Crippen LogP contribution is -2.14. The molecule has 0 aliphatic carbocycles. The molecule has 0 atom stereocenters. The number of nitrogens with one attached hydrogen (secondary N) is 1. The van der Waals surface area contributed by atoms with Gasteiger partial charge in [0, 0.05) is 5.56 Å². The first kappa shape index (κ1) is 23.5. The number of aryl methyl sites for hydroxylation is 1. The van der Waals surface area contributed by atoms with Crippen LogP contribution in [0.4, 0.5) is 5.69 Å². The van der Waals surface area contributed by atoms with Crippen LogP contribution in [0.15, 0.2) is 70.0 Å². The zero-order valence-corrected chi connectivity index (χ0v) is 20.5. The van der Waals surface area contributed by atoms with Gasteiger partial charge in [-0.05, 0) is 65.9 Å². The van der Waals surface area contributed by atoms with Crippen LogP contribution in [0.3, 0.4) is 0 Å². The SMILES string of the molecule is COC(=O)c1cc(S(=O)(=O)Nc2ccc3oc(-c4ccc(C(C)(C)C)cc4)nc3c2)ccc1C. The van der Waals surface area contributed by atoms with E-state index in [-0.39, 0.29) is 15.9 Å². The molecular weight excluding hydrogens is 452 g/mol. The molecule has 0 aliphatic heterocycles. The van der Waals surface area contributed by atoms with E-state index in [1.165, 1.54) is 24.8 Å². The Balaban J connectivity index is 1.62. The number of esters is 1.